The van der Waals surface area contributed by atoms with Gasteiger partial charge >= 0.3 is 0 Å². The van der Waals surface area contributed by atoms with Gasteiger partial charge in [-0.15, -0.1) is 0 Å². The van der Waals surface area contributed by atoms with Crippen LogP contribution in [-0.4, -0.2) is 22.3 Å². The molecule has 3 rings (SSSR count). The van der Waals surface area contributed by atoms with Crippen molar-refractivity contribution in [3.8, 4) is 5.75 Å². The minimum absolute atomic E-state index is 0.0815. The van der Waals surface area contributed by atoms with Gasteiger partial charge < -0.3 is 15.7 Å². The first-order chi connectivity index (χ1) is 14.0. The minimum Gasteiger partial charge on any atom is -0.504 e. The highest BCUT2D eigenvalue weighted by atomic mass is 35.5. The molecule has 0 fully saturated rings. The van der Waals surface area contributed by atoms with Crippen molar-refractivity contribution in [1.82, 2.24) is 8.75 Å². The molecular formula is C19H22ClN5O3S2. The van der Waals surface area contributed by atoms with E-state index in [-0.39, 0.29) is 22.2 Å². The molecule has 0 aliphatic rings. The van der Waals surface area contributed by atoms with Gasteiger partial charge in [0.2, 0.25) is 10.0 Å². The lowest BCUT2D eigenvalue weighted by molar-refractivity contribution is 0.347. The van der Waals surface area contributed by atoms with Crippen LogP contribution in [0.15, 0.2) is 47.4 Å². The number of benzene rings is 2. The molecule has 1 heterocycles. The van der Waals surface area contributed by atoms with Crippen LogP contribution in [0.5, 0.6) is 5.75 Å². The van der Waals surface area contributed by atoms with Crippen molar-refractivity contribution < 1.29 is 13.5 Å². The number of halogens is 1. The lowest BCUT2D eigenvalue weighted by Gasteiger charge is -2.32. The number of hydrogen-bond acceptors (Lipinski definition) is 8. The Hall–Kier alpha value is -2.40. The molecule has 3 aromatic rings. The number of anilines is 3. The summed E-state index contributed by atoms with van der Waals surface area (Å²) >= 11 is 6.88. The Balaban J connectivity index is 1.95. The van der Waals surface area contributed by atoms with E-state index in [1.165, 1.54) is 12.1 Å². The minimum atomic E-state index is -4.22. The van der Waals surface area contributed by atoms with Gasteiger partial charge in [0.05, 0.1) is 28.5 Å². The lowest BCUT2D eigenvalue weighted by Crippen LogP contribution is -2.26. The first-order valence-corrected chi connectivity index (χ1v) is 11.6. The Labute approximate surface area is 184 Å². The molecule has 0 saturated carbocycles. The quantitative estimate of drug-likeness (QED) is 0.393. The number of nitrogens with zero attached hydrogens (tertiary/aromatic N) is 2. The summed E-state index contributed by atoms with van der Waals surface area (Å²) in [5, 5.41) is 21.7. The third kappa shape index (κ3) is 4.84. The van der Waals surface area contributed by atoms with Crippen LogP contribution < -0.4 is 15.8 Å². The molecule has 0 radical (unpaired) electrons. The largest absolute Gasteiger partial charge is 0.504 e. The normalized spacial score (nSPS) is 13.1. The van der Waals surface area contributed by atoms with Crippen molar-refractivity contribution in [3.63, 3.8) is 0 Å². The van der Waals surface area contributed by atoms with Crippen LogP contribution in [0.4, 0.5) is 17.3 Å². The second-order valence-corrected chi connectivity index (χ2v) is 10.2. The molecule has 2 aromatic carbocycles. The van der Waals surface area contributed by atoms with Gasteiger partial charge in [-0.3, -0.25) is 0 Å². The molecule has 30 heavy (non-hydrogen) atoms. The number of phenols is 1. The van der Waals surface area contributed by atoms with Crippen LogP contribution in [0.2, 0.25) is 5.02 Å². The van der Waals surface area contributed by atoms with Crippen molar-refractivity contribution in [2.75, 3.05) is 10.6 Å². The van der Waals surface area contributed by atoms with E-state index in [0.717, 1.165) is 17.3 Å². The van der Waals surface area contributed by atoms with Gasteiger partial charge in [-0.2, -0.15) is 8.75 Å². The smallest absolute Gasteiger partial charge is 0.243 e. The summed E-state index contributed by atoms with van der Waals surface area (Å²) in [4.78, 5) is -0.552. The van der Waals surface area contributed by atoms with E-state index >= 15 is 0 Å². The maximum absolute atomic E-state index is 11.8. The predicted octanol–water partition coefficient (Wildman–Crippen LogP) is 4.49. The number of sulfonamides is 1. The topological polar surface area (TPSA) is 130 Å². The molecule has 5 N–H and O–H groups in total. The van der Waals surface area contributed by atoms with Gasteiger partial charge in [0.25, 0.3) is 0 Å². The molecular weight excluding hydrogens is 446 g/mol. The van der Waals surface area contributed by atoms with Crippen molar-refractivity contribution in [2.45, 2.75) is 31.7 Å². The van der Waals surface area contributed by atoms with Gasteiger partial charge in [0.1, 0.15) is 4.90 Å². The van der Waals surface area contributed by atoms with Crippen molar-refractivity contribution in [1.29, 1.82) is 0 Å². The highest BCUT2D eigenvalue weighted by Crippen LogP contribution is 2.40. The number of hydrogen-bond donors (Lipinski definition) is 4. The fourth-order valence-corrected chi connectivity index (χ4v) is 4.66. The first-order valence-electron chi connectivity index (χ1n) is 8.94. The molecule has 8 nitrogen and oxygen atoms in total. The number of phenolic OH excluding ortho intramolecular Hbond substituents is 1. The molecule has 0 amide bonds. The van der Waals surface area contributed by atoms with Gasteiger partial charge in [-0.1, -0.05) is 62.7 Å². The van der Waals surface area contributed by atoms with Crippen molar-refractivity contribution in [2.24, 2.45) is 10.6 Å². The summed E-state index contributed by atoms with van der Waals surface area (Å²) in [5.41, 5.74) is 1.02. The van der Waals surface area contributed by atoms with E-state index in [0.29, 0.717) is 11.6 Å². The number of nitrogens with two attached hydrogens (primary N) is 1. The number of aromatic hydroxyl groups is 1. The van der Waals surface area contributed by atoms with Crippen LogP contribution in [0.25, 0.3) is 0 Å². The van der Waals surface area contributed by atoms with E-state index < -0.39 is 20.7 Å². The fraction of sp³-hybridized carbons (Fsp3) is 0.263. The fourth-order valence-electron chi connectivity index (χ4n) is 2.99. The van der Waals surface area contributed by atoms with Crippen LogP contribution in [-0.2, 0) is 10.0 Å². The molecule has 1 atom stereocenters. The summed E-state index contributed by atoms with van der Waals surface area (Å²) in [6.45, 7) is 6.32. The average Bonchev–Trinajstić information content (AvgIpc) is 3.07. The third-order valence-electron chi connectivity index (χ3n) is 4.39. The molecule has 0 spiro atoms. The zero-order chi connectivity index (χ0) is 22.1. The zero-order valence-electron chi connectivity index (χ0n) is 16.5. The molecule has 1 aromatic heterocycles. The van der Waals surface area contributed by atoms with E-state index in [1.54, 1.807) is 0 Å². The van der Waals surface area contributed by atoms with E-state index in [9.17, 15) is 13.5 Å². The average molecular weight is 468 g/mol. The van der Waals surface area contributed by atoms with Crippen LogP contribution in [0.1, 0.15) is 32.4 Å². The highest BCUT2D eigenvalue weighted by molar-refractivity contribution is 7.89. The number of rotatable bonds is 6. The summed E-state index contributed by atoms with van der Waals surface area (Å²) < 4.78 is 32.1. The van der Waals surface area contributed by atoms with E-state index in [2.05, 4.69) is 40.2 Å². The Bertz CT molecular complexity index is 1140. The second-order valence-electron chi connectivity index (χ2n) is 7.76. The van der Waals surface area contributed by atoms with Crippen LogP contribution in [0, 0.1) is 5.41 Å². The Morgan fingerprint density at radius 3 is 2.33 bits per heavy atom. The third-order valence-corrected chi connectivity index (χ3v) is 6.33. The predicted molar refractivity (Wildman–Crippen MR) is 120 cm³/mol. The van der Waals surface area contributed by atoms with Gasteiger partial charge in [0, 0.05) is 0 Å². The molecule has 0 bridgehead atoms. The molecule has 0 unspecified atom stereocenters. The molecule has 0 aliphatic heterocycles. The van der Waals surface area contributed by atoms with Crippen LogP contribution >= 0.6 is 23.3 Å². The summed E-state index contributed by atoms with van der Waals surface area (Å²) in [6.07, 6.45) is 0. The molecule has 160 valence electrons. The van der Waals surface area contributed by atoms with Gasteiger partial charge in [0.15, 0.2) is 17.4 Å². The highest BCUT2D eigenvalue weighted by Gasteiger charge is 2.28. The lowest BCUT2D eigenvalue weighted by atomic mass is 9.82. The van der Waals surface area contributed by atoms with E-state index in [1.807, 2.05) is 30.3 Å². The molecule has 0 aliphatic carbocycles. The van der Waals surface area contributed by atoms with Crippen molar-refractivity contribution >= 4 is 50.7 Å². The maximum Gasteiger partial charge on any atom is 0.243 e. The Morgan fingerprint density at radius 2 is 1.73 bits per heavy atom. The molecule has 0 saturated heterocycles. The first kappa shape index (κ1) is 22.3. The summed E-state index contributed by atoms with van der Waals surface area (Å²) in [6, 6.07) is 12.6. The number of primary sulfonamides is 1. The monoisotopic (exact) mass is 467 g/mol. The van der Waals surface area contributed by atoms with E-state index in [4.69, 9.17) is 16.7 Å². The standard InChI is InChI=1S/C19H22ClN5O3S2/c1-19(2,3)16(11-7-5-4-6-8-11)23-18-17(24-29-25-18)22-13-10-9-12(20)15(14(13)26)30(21,27)28/h4-10,16,26H,1-3H3,(H,22,24)(H,23,25)(H2,21,27,28)/t16-/m0/s1. The number of aromatic nitrogens is 2. The van der Waals surface area contributed by atoms with Crippen LogP contribution in [0.3, 0.4) is 0 Å². The van der Waals surface area contributed by atoms with Crippen molar-refractivity contribution in [3.05, 3.63) is 53.1 Å². The summed E-state index contributed by atoms with van der Waals surface area (Å²) in [7, 11) is -4.22. The maximum atomic E-state index is 11.8. The Morgan fingerprint density at radius 1 is 1.10 bits per heavy atom. The van der Waals surface area contributed by atoms with Gasteiger partial charge in [-0.25, -0.2) is 13.6 Å². The SMILES string of the molecule is CC(C)(C)[C@@H](Nc1nsnc1Nc1ccc(Cl)c(S(N)(=O)=O)c1O)c1ccccc1. The molecule has 11 heteroatoms. The second kappa shape index (κ2) is 8.38. The van der Waals surface area contributed by atoms with Gasteiger partial charge in [-0.05, 0) is 23.1 Å². The summed E-state index contributed by atoms with van der Waals surface area (Å²) in [5.74, 6) is 0.220. The number of nitrogens with one attached hydrogen (secondary N) is 2. The Kier molecular flexibility index (Phi) is 6.23. The zero-order valence-corrected chi connectivity index (χ0v) is 18.9.